The number of aryl methyl sites for hydroxylation is 1. The van der Waals surface area contributed by atoms with Crippen LogP contribution in [0.3, 0.4) is 0 Å². The molecule has 1 aliphatic rings. The van der Waals surface area contributed by atoms with Crippen LogP contribution >= 0.6 is 0 Å². The summed E-state index contributed by atoms with van der Waals surface area (Å²) in [5, 5.41) is 10.2. The third-order valence-electron chi connectivity index (χ3n) is 3.81. The Morgan fingerprint density at radius 2 is 2.21 bits per heavy atom. The average molecular weight is 257 g/mol. The van der Waals surface area contributed by atoms with Crippen LogP contribution in [0.25, 0.3) is 0 Å². The van der Waals surface area contributed by atoms with E-state index in [1.165, 1.54) is 5.69 Å². The Morgan fingerprint density at radius 3 is 3.00 bits per heavy atom. The highest BCUT2D eigenvalue weighted by atomic mass is 16.3. The first kappa shape index (κ1) is 12.2. The van der Waals surface area contributed by atoms with Gasteiger partial charge in [0, 0.05) is 31.0 Å². The standard InChI is InChI=1S/C15H19N3O/c1-17-11-16-9-12(17)10-18-8-4-7-15(19)13-5-2-3-6-14(13)18/h2-3,5-6,9,11,15,19H,4,7-8,10H2,1H3. The molecule has 1 aromatic carbocycles. The maximum Gasteiger partial charge on any atom is 0.0946 e. The summed E-state index contributed by atoms with van der Waals surface area (Å²) in [6.07, 6.45) is 5.23. The van der Waals surface area contributed by atoms with Gasteiger partial charge < -0.3 is 14.6 Å². The Balaban J connectivity index is 1.93. The van der Waals surface area contributed by atoms with Crippen molar-refractivity contribution < 1.29 is 5.11 Å². The quantitative estimate of drug-likeness (QED) is 0.897. The summed E-state index contributed by atoms with van der Waals surface area (Å²) >= 11 is 0. The van der Waals surface area contributed by atoms with Crippen LogP contribution in [0.2, 0.25) is 0 Å². The average Bonchev–Trinajstić information content (AvgIpc) is 2.75. The number of imidazole rings is 1. The molecule has 0 spiro atoms. The van der Waals surface area contributed by atoms with E-state index < -0.39 is 0 Å². The van der Waals surface area contributed by atoms with E-state index in [0.717, 1.165) is 37.2 Å². The summed E-state index contributed by atoms with van der Waals surface area (Å²) in [4.78, 5) is 6.50. The van der Waals surface area contributed by atoms with Gasteiger partial charge in [-0.15, -0.1) is 0 Å². The summed E-state index contributed by atoms with van der Waals surface area (Å²) in [5.41, 5.74) is 3.38. The van der Waals surface area contributed by atoms with Gasteiger partial charge in [-0.1, -0.05) is 18.2 Å². The predicted molar refractivity (Wildman–Crippen MR) is 74.9 cm³/mol. The molecule has 0 aliphatic carbocycles. The molecule has 4 heteroatoms. The molecule has 1 unspecified atom stereocenters. The van der Waals surface area contributed by atoms with Gasteiger partial charge in [-0.25, -0.2) is 4.98 Å². The van der Waals surface area contributed by atoms with Crippen molar-refractivity contribution >= 4 is 5.69 Å². The second-order valence-electron chi connectivity index (χ2n) is 5.13. The number of aliphatic hydroxyl groups is 1. The van der Waals surface area contributed by atoms with E-state index in [0.29, 0.717) is 0 Å². The Kier molecular flexibility index (Phi) is 3.25. The van der Waals surface area contributed by atoms with E-state index in [9.17, 15) is 5.11 Å². The third-order valence-corrected chi connectivity index (χ3v) is 3.81. The van der Waals surface area contributed by atoms with Crippen LogP contribution in [0, 0.1) is 0 Å². The van der Waals surface area contributed by atoms with E-state index >= 15 is 0 Å². The number of nitrogens with zero attached hydrogens (tertiary/aromatic N) is 3. The molecule has 0 fully saturated rings. The maximum atomic E-state index is 10.2. The molecular formula is C15H19N3O. The summed E-state index contributed by atoms with van der Waals surface area (Å²) < 4.78 is 2.05. The summed E-state index contributed by atoms with van der Waals surface area (Å²) in [6.45, 7) is 1.81. The normalized spacial score (nSPS) is 19.1. The van der Waals surface area contributed by atoms with Crippen molar-refractivity contribution in [3.8, 4) is 0 Å². The minimum Gasteiger partial charge on any atom is -0.388 e. The lowest BCUT2D eigenvalue weighted by Gasteiger charge is -2.25. The van der Waals surface area contributed by atoms with Gasteiger partial charge in [0.15, 0.2) is 0 Å². The second kappa shape index (κ2) is 5.05. The number of rotatable bonds is 2. The number of fused-ring (bicyclic) bond motifs is 1. The first-order valence-electron chi connectivity index (χ1n) is 6.73. The van der Waals surface area contributed by atoms with E-state index in [1.807, 2.05) is 42.3 Å². The Hall–Kier alpha value is -1.81. The number of aliphatic hydroxyl groups excluding tert-OH is 1. The predicted octanol–water partition coefficient (Wildman–Crippen LogP) is 2.25. The highest BCUT2D eigenvalue weighted by Gasteiger charge is 2.21. The number of hydrogen-bond donors (Lipinski definition) is 1. The minimum atomic E-state index is -0.340. The minimum absolute atomic E-state index is 0.340. The Labute approximate surface area is 113 Å². The van der Waals surface area contributed by atoms with E-state index in [1.54, 1.807) is 0 Å². The fourth-order valence-electron chi connectivity index (χ4n) is 2.71. The molecular weight excluding hydrogens is 238 g/mol. The monoisotopic (exact) mass is 257 g/mol. The van der Waals surface area contributed by atoms with Crippen LogP contribution < -0.4 is 4.90 Å². The Bertz CT molecular complexity index is 564. The highest BCUT2D eigenvalue weighted by molar-refractivity contribution is 5.55. The summed E-state index contributed by atoms with van der Waals surface area (Å²) in [6, 6.07) is 8.16. The van der Waals surface area contributed by atoms with Crippen LogP contribution in [-0.2, 0) is 13.6 Å². The first-order chi connectivity index (χ1) is 9.25. The molecule has 19 heavy (non-hydrogen) atoms. The summed E-state index contributed by atoms with van der Waals surface area (Å²) in [7, 11) is 2.01. The van der Waals surface area contributed by atoms with Crippen molar-refractivity contribution in [1.29, 1.82) is 0 Å². The largest absolute Gasteiger partial charge is 0.388 e. The number of hydrogen-bond acceptors (Lipinski definition) is 3. The first-order valence-corrected chi connectivity index (χ1v) is 6.73. The van der Waals surface area contributed by atoms with Gasteiger partial charge in [0.2, 0.25) is 0 Å². The van der Waals surface area contributed by atoms with E-state index in [-0.39, 0.29) is 6.10 Å². The molecule has 1 atom stereocenters. The molecule has 0 bridgehead atoms. The van der Waals surface area contributed by atoms with Gasteiger partial charge >= 0.3 is 0 Å². The van der Waals surface area contributed by atoms with Gasteiger partial charge in [0.05, 0.1) is 24.7 Å². The van der Waals surface area contributed by atoms with Crippen molar-refractivity contribution in [1.82, 2.24) is 9.55 Å². The van der Waals surface area contributed by atoms with E-state index in [2.05, 4.69) is 16.0 Å². The molecule has 0 saturated heterocycles. The molecule has 0 saturated carbocycles. The lowest BCUT2D eigenvalue weighted by Crippen LogP contribution is -2.24. The number of benzene rings is 1. The molecule has 0 radical (unpaired) electrons. The van der Waals surface area contributed by atoms with Crippen LogP contribution in [0.1, 0.15) is 30.2 Å². The summed E-state index contributed by atoms with van der Waals surface area (Å²) in [5.74, 6) is 0. The fraction of sp³-hybridized carbons (Fsp3) is 0.400. The van der Waals surface area contributed by atoms with Crippen molar-refractivity contribution in [3.63, 3.8) is 0 Å². The zero-order valence-electron chi connectivity index (χ0n) is 11.2. The van der Waals surface area contributed by atoms with Gasteiger partial charge in [-0.05, 0) is 18.9 Å². The van der Waals surface area contributed by atoms with Gasteiger partial charge in [0.25, 0.3) is 0 Å². The maximum absolute atomic E-state index is 10.2. The smallest absolute Gasteiger partial charge is 0.0946 e. The molecule has 1 N–H and O–H groups in total. The van der Waals surface area contributed by atoms with Crippen molar-refractivity contribution in [2.24, 2.45) is 7.05 Å². The number of aromatic nitrogens is 2. The second-order valence-corrected chi connectivity index (χ2v) is 5.13. The van der Waals surface area contributed by atoms with E-state index in [4.69, 9.17) is 0 Å². The molecule has 1 aromatic heterocycles. The SMILES string of the molecule is Cn1cncc1CN1CCCC(O)c2ccccc21. The fourth-order valence-corrected chi connectivity index (χ4v) is 2.71. The van der Waals surface area contributed by atoms with Gasteiger partial charge in [-0.2, -0.15) is 0 Å². The van der Waals surface area contributed by atoms with Crippen molar-refractivity contribution in [2.45, 2.75) is 25.5 Å². The molecule has 3 rings (SSSR count). The lowest BCUT2D eigenvalue weighted by atomic mass is 10.0. The molecule has 2 aromatic rings. The zero-order valence-corrected chi connectivity index (χ0v) is 11.2. The Morgan fingerprint density at radius 1 is 1.37 bits per heavy atom. The zero-order chi connectivity index (χ0) is 13.2. The van der Waals surface area contributed by atoms with Gasteiger partial charge in [-0.3, -0.25) is 0 Å². The van der Waals surface area contributed by atoms with Crippen LogP contribution in [0.5, 0.6) is 0 Å². The number of anilines is 1. The lowest BCUT2D eigenvalue weighted by molar-refractivity contribution is 0.168. The number of para-hydroxylation sites is 1. The van der Waals surface area contributed by atoms with Crippen LogP contribution in [0.4, 0.5) is 5.69 Å². The van der Waals surface area contributed by atoms with Crippen molar-refractivity contribution in [2.75, 3.05) is 11.4 Å². The topological polar surface area (TPSA) is 41.3 Å². The van der Waals surface area contributed by atoms with Gasteiger partial charge in [0.1, 0.15) is 0 Å². The van der Waals surface area contributed by atoms with Crippen LogP contribution in [-0.4, -0.2) is 21.2 Å². The highest BCUT2D eigenvalue weighted by Crippen LogP contribution is 2.33. The van der Waals surface area contributed by atoms with Crippen molar-refractivity contribution in [3.05, 3.63) is 48.0 Å². The molecule has 0 amide bonds. The third kappa shape index (κ3) is 2.36. The molecule has 1 aliphatic heterocycles. The molecule has 2 heterocycles. The van der Waals surface area contributed by atoms with Crippen LogP contribution in [0.15, 0.2) is 36.8 Å². The molecule has 4 nitrogen and oxygen atoms in total. The molecule has 100 valence electrons.